The molecule has 3 heteroatoms. The van der Waals surface area contributed by atoms with Crippen LogP contribution in [0.3, 0.4) is 0 Å². The number of rotatable bonds is 1. The number of ether oxygens (including phenoxy) is 1. The summed E-state index contributed by atoms with van der Waals surface area (Å²) >= 11 is 6.18. The molecular formula is C12H14ClNO. The average molecular weight is 224 g/mol. The van der Waals surface area contributed by atoms with Crippen molar-refractivity contribution in [3.05, 3.63) is 27.2 Å². The van der Waals surface area contributed by atoms with Crippen molar-refractivity contribution in [3.63, 3.8) is 0 Å². The van der Waals surface area contributed by atoms with Crippen LogP contribution in [0.25, 0.3) is 6.08 Å². The molecule has 0 saturated carbocycles. The summed E-state index contributed by atoms with van der Waals surface area (Å²) in [5.41, 5.74) is 1.03. The summed E-state index contributed by atoms with van der Waals surface area (Å²) in [6.07, 6.45) is 3.08. The predicted molar refractivity (Wildman–Crippen MR) is 62.1 cm³/mol. The maximum Gasteiger partial charge on any atom is 0.147 e. The lowest BCUT2D eigenvalue weighted by molar-refractivity contribution is 0.404. The highest BCUT2D eigenvalue weighted by Crippen LogP contribution is 2.15. The van der Waals surface area contributed by atoms with Gasteiger partial charge in [0.1, 0.15) is 11.1 Å². The van der Waals surface area contributed by atoms with Gasteiger partial charge in [-0.3, -0.25) is 4.99 Å². The number of methoxy groups -OCH3 is 1. The van der Waals surface area contributed by atoms with Crippen LogP contribution in [0.5, 0.6) is 5.75 Å². The molecule has 2 rings (SSSR count). The van der Waals surface area contributed by atoms with Gasteiger partial charge in [0.05, 0.1) is 18.2 Å². The van der Waals surface area contributed by atoms with Crippen molar-refractivity contribution in [1.82, 2.24) is 0 Å². The van der Waals surface area contributed by atoms with Crippen molar-refractivity contribution >= 4 is 17.7 Å². The number of nitrogens with zero attached hydrogens (tertiary/aromatic N) is 1. The molecule has 1 atom stereocenters. The topological polar surface area (TPSA) is 21.6 Å². The minimum Gasteiger partial charge on any atom is -0.494 e. The minimum atomic E-state index is 0.310. The second-order valence-corrected chi connectivity index (χ2v) is 4.30. The monoisotopic (exact) mass is 223 g/mol. The number of halogens is 1. The molecule has 1 aliphatic heterocycles. The first-order valence-corrected chi connectivity index (χ1v) is 5.42. The molecule has 1 aromatic carbocycles. The fourth-order valence-electron chi connectivity index (χ4n) is 1.90. The largest absolute Gasteiger partial charge is 0.494 e. The van der Waals surface area contributed by atoms with Crippen LogP contribution in [0, 0.1) is 6.92 Å². The Labute approximate surface area is 94.2 Å². The second kappa shape index (κ2) is 3.86. The van der Waals surface area contributed by atoms with Crippen molar-refractivity contribution in [1.29, 1.82) is 0 Å². The maximum atomic E-state index is 6.18. The normalized spacial score (nSPS) is 18.8. The van der Waals surface area contributed by atoms with Gasteiger partial charge >= 0.3 is 0 Å². The van der Waals surface area contributed by atoms with E-state index in [2.05, 4.69) is 18.0 Å². The van der Waals surface area contributed by atoms with E-state index in [4.69, 9.17) is 16.3 Å². The SMILES string of the molecule is COc1c(C)cc(Cl)c2c1=N[C@@H](C)CC=2. The summed E-state index contributed by atoms with van der Waals surface area (Å²) in [5, 5.41) is 2.68. The van der Waals surface area contributed by atoms with E-state index in [-0.39, 0.29) is 0 Å². The van der Waals surface area contributed by atoms with Gasteiger partial charge < -0.3 is 4.74 Å². The molecular weight excluding hydrogens is 210 g/mol. The molecule has 0 bridgehead atoms. The van der Waals surface area contributed by atoms with Crippen LogP contribution in [0.2, 0.25) is 5.02 Å². The predicted octanol–water partition coefficient (Wildman–Crippen LogP) is 1.85. The molecule has 1 aliphatic rings. The summed E-state index contributed by atoms with van der Waals surface area (Å²) in [5.74, 6) is 0.845. The zero-order valence-corrected chi connectivity index (χ0v) is 9.93. The number of hydrogen-bond donors (Lipinski definition) is 0. The Hall–Kier alpha value is -1.02. The van der Waals surface area contributed by atoms with Crippen molar-refractivity contribution in [2.24, 2.45) is 4.99 Å². The summed E-state index contributed by atoms with van der Waals surface area (Å²) in [7, 11) is 1.67. The third-order valence-corrected chi connectivity index (χ3v) is 2.96. The minimum absolute atomic E-state index is 0.310. The van der Waals surface area contributed by atoms with E-state index in [0.717, 1.165) is 33.3 Å². The molecule has 0 aromatic heterocycles. The lowest BCUT2D eigenvalue weighted by atomic mass is 10.1. The van der Waals surface area contributed by atoms with E-state index in [1.54, 1.807) is 7.11 Å². The molecule has 0 unspecified atom stereocenters. The molecule has 0 radical (unpaired) electrons. The van der Waals surface area contributed by atoms with E-state index >= 15 is 0 Å². The molecule has 1 heterocycles. The van der Waals surface area contributed by atoms with Crippen LogP contribution in [-0.4, -0.2) is 13.2 Å². The fraction of sp³-hybridized carbons (Fsp3) is 0.417. The first-order chi connectivity index (χ1) is 7.13. The number of hydrogen-bond acceptors (Lipinski definition) is 2. The molecule has 80 valence electrons. The Bertz CT molecular complexity index is 507. The van der Waals surface area contributed by atoms with Gasteiger partial charge in [0.2, 0.25) is 0 Å². The molecule has 0 fully saturated rings. The highest BCUT2D eigenvalue weighted by atomic mass is 35.5. The van der Waals surface area contributed by atoms with Crippen LogP contribution in [-0.2, 0) is 0 Å². The van der Waals surface area contributed by atoms with Crippen molar-refractivity contribution in [3.8, 4) is 5.75 Å². The van der Waals surface area contributed by atoms with E-state index in [1.165, 1.54) is 0 Å². The van der Waals surface area contributed by atoms with Gasteiger partial charge in [0.25, 0.3) is 0 Å². The molecule has 0 spiro atoms. The van der Waals surface area contributed by atoms with Crippen molar-refractivity contribution in [2.45, 2.75) is 26.3 Å². The third kappa shape index (κ3) is 1.74. The first-order valence-electron chi connectivity index (χ1n) is 5.04. The van der Waals surface area contributed by atoms with Crippen LogP contribution in [0.4, 0.5) is 0 Å². The van der Waals surface area contributed by atoms with E-state index in [9.17, 15) is 0 Å². The van der Waals surface area contributed by atoms with Gasteiger partial charge in [0, 0.05) is 5.22 Å². The lowest BCUT2D eigenvalue weighted by Crippen LogP contribution is -2.33. The third-order valence-electron chi connectivity index (χ3n) is 2.65. The number of aryl methyl sites for hydroxylation is 1. The van der Waals surface area contributed by atoms with Gasteiger partial charge in [-0.25, -0.2) is 0 Å². The Morgan fingerprint density at radius 1 is 1.53 bits per heavy atom. The van der Waals surface area contributed by atoms with E-state index in [0.29, 0.717) is 6.04 Å². The van der Waals surface area contributed by atoms with Gasteiger partial charge in [-0.1, -0.05) is 17.7 Å². The second-order valence-electron chi connectivity index (χ2n) is 3.89. The molecule has 0 saturated heterocycles. The molecule has 15 heavy (non-hydrogen) atoms. The quantitative estimate of drug-likeness (QED) is 0.712. The van der Waals surface area contributed by atoms with E-state index in [1.807, 2.05) is 13.0 Å². The Morgan fingerprint density at radius 3 is 2.93 bits per heavy atom. The molecule has 0 aliphatic carbocycles. The Balaban J connectivity index is 2.87. The lowest BCUT2D eigenvalue weighted by Gasteiger charge is -2.13. The number of benzene rings is 1. The van der Waals surface area contributed by atoms with Crippen LogP contribution in [0.15, 0.2) is 11.1 Å². The highest BCUT2D eigenvalue weighted by molar-refractivity contribution is 6.30. The summed E-state index contributed by atoms with van der Waals surface area (Å²) in [4.78, 5) is 4.60. The molecule has 0 N–H and O–H groups in total. The summed E-state index contributed by atoms with van der Waals surface area (Å²) in [6.45, 7) is 4.08. The zero-order valence-electron chi connectivity index (χ0n) is 9.17. The Kier molecular flexibility index (Phi) is 2.70. The smallest absolute Gasteiger partial charge is 0.147 e. The van der Waals surface area contributed by atoms with Crippen LogP contribution >= 0.6 is 11.6 Å². The van der Waals surface area contributed by atoms with Crippen LogP contribution < -0.4 is 15.3 Å². The van der Waals surface area contributed by atoms with Gasteiger partial charge in [-0.2, -0.15) is 0 Å². The average Bonchev–Trinajstić information content (AvgIpc) is 2.17. The van der Waals surface area contributed by atoms with E-state index < -0.39 is 0 Å². The summed E-state index contributed by atoms with van der Waals surface area (Å²) < 4.78 is 5.37. The molecule has 0 amide bonds. The Morgan fingerprint density at radius 2 is 2.27 bits per heavy atom. The molecule has 2 nitrogen and oxygen atoms in total. The number of fused-ring (bicyclic) bond motifs is 1. The van der Waals surface area contributed by atoms with Gasteiger partial charge in [-0.15, -0.1) is 0 Å². The van der Waals surface area contributed by atoms with Gasteiger partial charge in [-0.05, 0) is 31.9 Å². The van der Waals surface area contributed by atoms with Gasteiger partial charge in [0.15, 0.2) is 0 Å². The highest BCUT2D eigenvalue weighted by Gasteiger charge is 2.11. The summed E-state index contributed by atoms with van der Waals surface area (Å²) in [6, 6.07) is 2.24. The van der Waals surface area contributed by atoms with Crippen molar-refractivity contribution in [2.75, 3.05) is 7.11 Å². The molecule has 1 aromatic rings. The maximum absolute atomic E-state index is 6.18. The zero-order chi connectivity index (χ0) is 11.0. The first kappa shape index (κ1) is 10.5. The standard InChI is InChI=1S/C12H14ClNO/c1-7-6-10(13)9-5-4-8(2)14-11(9)12(7)15-3/h5-6,8H,4H2,1-3H3/t8-/m0/s1. The fourth-order valence-corrected chi connectivity index (χ4v) is 2.23. The van der Waals surface area contributed by atoms with Crippen LogP contribution in [0.1, 0.15) is 18.9 Å². The van der Waals surface area contributed by atoms with Crippen molar-refractivity contribution < 1.29 is 4.74 Å².